The molecule has 1 aromatic carbocycles. The molecule has 1 aliphatic carbocycles. The number of hydrogen-bond donors (Lipinski definition) is 2. The fourth-order valence-electron chi connectivity index (χ4n) is 2.99. The molecule has 2 rings (SSSR count). The molecular weight excluding hydrogens is 293 g/mol. The second kappa shape index (κ2) is 7.13. The lowest BCUT2D eigenvalue weighted by Crippen LogP contribution is -2.29. The smallest absolute Gasteiger partial charge is 0.330 e. The second-order valence-electron chi connectivity index (χ2n) is 5.84. The van der Waals surface area contributed by atoms with Crippen molar-refractivity contribution in [2.45, 2.75) is 38.3 Å². The van der Waals surface area contributed by atoms with Crippen LogP contribution < -0.4 is 11.1 Å². The van der Waals surface area contributed by atoms with E-state index in [1.54, 1.807) is 24.3 Å². The lowest BCUT2D eigenvalue weighted by molar-refractivity contribution is -0.134. The van der Waals surface area contributed by atoms with Gasteiger partial charge in [-0.2, -0.15) is 13.2 Å². The van der Waals surface area contributed by atoms with Crippen molar-refractivity contribution in [3.8, 4) is 0 Å². The maximum absolute atomic E-state index is 12.3. The van der Waals surface area contributed by atoms with Crippen LogP contribution in [0.25, 0.3) is 0 Å². The summed E-state index contributed by atoms with van der Waals surface area (Å²) in [7, 11) is 0. The number of rotatable bonds is 5. The highest BCUT2D eigenvalue weighted by molar-refractivity contribution is 5.93. The lowest BCUT2D eigenvalue weighted by atomic mass is 9.95. The van der Waals surface area contributed by atoms with E-state index < -0.39 is 12.6 Å². The predicted molar refractivity (Wildman–Crippen MR) is 79.3 cm³/mol. The lowest BCUT2D eigenvalue weighted by Gasteiger charge is -2.17. The number of alkyl halides is 3. The molecule has 1 amide bonds. The molecule has 3 N–H and O–H groups in total. The van der Waals surface area contributed by atoms with Gasteiger partial charge in [-0.3, -0.25) is 4.79 Å². The van der Waals surface area contributed by atoms with Crippen molar-refractivity contribution < 1.29 is 18.0 Å². The molecule has 0 heterocycles. The van der Waals surface area contributed by atoms with E-state index in [0.717, 1.165) is 19.3 Å². The number of nitrogens with one attached hydrogen (secondary N) is 1. The maximum atomic E-state index is 12.3. The number of halogens is 3. The van der Waals surface area contributed by atoms with E-state index in [1.165, 1.54) is 0 Å². The molecule has 1 aliphatic rings. The zero-order valence-electron chi connectivity index (χ0n) is 12.3. The summed E-state index contributed by atoms with van der Waals surface area (Å²) in [6, 6.07) is 6.60. The van der Waals surface area contributed by atoms with E-state index in [4.69, 9.17) is 5.73 Å². The zero-order chi connectivity index (χ0) is 16.2. The van der Waals surface area contributed by atoms with Crippen LogP contribution in [0.15, 0.2) is 24.3 Å². The molecule has 122 valence electrons. The highest BCUT2D eigenvalue weighted by Crippen LogP contribution is 2.32. The molecule has 0 spiro atoms. The van der Waals surface area contributed by atoms with Gasteiger partial charge < -0.3 is 11.1 Å². The van der Waals surface area contributed by atoms with E-state index in [1.807, 2.05) is 0 Å². The van der Waals surface area contributed by atoms with Crippen LogP contribution in [0.1, 0.15) is 31.2 Å². The zero-order valence-corrected chi connectivity index (χ0v) is 12.3. The van der Waals surface area contributed by atoms with Gasteiger partial charge in [0.25, 0.3) is 0 Å². The molecule has 0 bridgehead atoms. The average molecular weight is 314 g/mol. The number of aryl methyl sites for hydroxylation is 1. The topological polar surface area (TPSA) is 55.1 Å². The summed E-state index contributed by atoms with van der Waals surface area (Å²) < 4.78 is 36.8. The third-order valence-electron chi connectivity index (χ3n) is 4.19. The third-order valence-corrected chi connectivity index (χ3v) is 4.19. The molecule has 3 nitrogen and oxygen atoms in total. The van der Waals surface area contributed by atoms with E-state index in [0.29, 0.717) is 17.8 Å². The monoisotopic (exact) mass is 314 g/mol. The Hall–Kier alpha value is -1.56. The van der Waals surface area contributed by atoms with E-state index in [9.17, 15) is 18.0 Å². The van der Waals surface area contributed by atoms with Crippen LogP contribution in [0.2, 0.25) is 0 Å². The number of carbonyl (C=O) groups is 1. The summed E-state index contributed by atoms with van der Waals surface area (Å²) in [5, 5.41) is 2.81. The highest BCUT2D eigenvalue weighted by atomic mass is 19.4. The Labute approximate surface area is 128 Å². The van der Waals surface area contributed by atoms with E-state index >= 15 is 0 Å². The first-order valence-corrected chi connectivity index (χ1v) is 7.55. The highest BCUT2D eigenvalue weighted by Gasteiger charge is 2.32. The molecule has 0 aromatic heterocycles. The number of hydrogen-bond acceptors (Lipinski definition) is 2. The van der Waals surface area contributed by atoms with Gasteiger partial charge >= 0.3 is 6.18 Å². The Morgan fingerprint density at radius 1 is 1.32 bits per heavy atom. The maximum Gasteiger partial charge on any atom is 0.389 e. The molecule has 6 heteroatoms. The summed E-state index contributed by atoms with van der Waals surface area (Å²) in [5.41, 5.74) is 6.79. The first-order chi connectivity index (χ1) is 10.4. The molecule has 2 atom stereocenters. The fraction of sp³-hybridized carbons (Fsp3) is 0.562. The Kier molecular flexibility index (Phi) is 5.45. The summed E-state index contributed by atoms with van der Waals surface area (Å²) in [6.07, 6.45) is -2.34. The Morgan fingerprint density at radius 3 is 2.77 bits per heavy atom. The summed E-state index contributed by atoms with van der Waals surface area (Å²) in [6.45, 7) is 0.490. The van der Waals surface area contributed by atoms with Crippen LogP contribution in [0.5, 0.6) is 0 Å². The summed E-state index contributed by atoms with van der Waals surface area (Å²) >= 11 is 0. The molecule has 0 radical (unpaired) electrons. The fourth-order valence-corrected chi connectivity index (χ4v) is 2.99. The van der Waals surface area contributed by atoms with Crippen molar-refractivity contribution in [3.63, 3.8) is 0 Å². The molecule has 1 saturated carbocycles. The van der Waals surface area contributed by atoms with Gasteiger partial charge in [0.2, 0.25) is 5.91 Å². The second-order valence-corrected chi connectivity index (χ2v) is 5.84. The predicted octanol–water partition coefficient (Wildman–Crippen LogP) is 3.50. The normalized spacial score (nSPS) is 21.8. The van der Waals surface area contributed by atoms with Crippen molar-refractivity contribution in [1.82, 2.24) is 0 Å². The Balaban J connectivity index is 1.96. The van der Waals surface area contributed by atoms with Gasteiger partial charge in [0.1, 0.15) is 0 Å². The van der Waals surface area contributed by atoms with Gasteiger partial charge in [0, 0.05) is 18.0 Å². The van der Waals surface area contributed by atoms with Crippen molar-refractivity contribution in [2.75, 3.05) is 11.9 Å². The number of carbonyl (C=O) groups excluding carboxylic acids is 1. The van der Waals surface area contributed by atoms with Crippen molar-refractivity contribution in [1.29, 1.82) is 0 Å². The van der Waals surface area contributed by atoms with Crippen LogP contribution >= 0.6 is 0 Å². The Morgan fingerprint density at radius 2 is 2.09 bits per heavy atom. The molecular formula is C16H21F3N2O. The van der Waals surface area contributed by atoms with Gasteiger partial charge in [-0.25, -0.2) is 0 Å². The standard InChI is InChI=1S/C16H21F3N2O/c17-16(18,19)8-7-11-3-1-5-13(9-11)21-15(22)14-6-2-4-12(14)10-20/h1,3,5,9,12,14H,2,4,6-8,10,20H2,(H,21,22)/t12-,14-/m1/s1. The van der Waals surface area contributed by atoms with E-state index in [2.05, 4.69) is 5.32 Å². The van der Waals surface area contributed by atoms with Crippen LogP contribution in [-0.4, -0.2) is 18.6 Å². The van der Waals surface area contributed by atoms with Gasteiger partial charge in [-0.15, -0.1) is 0 Å². The van der Waals surface area contributed by atoms with Gasteiger partial charge in [-0.05, 0) is 49.4 Å². The molecule has 1 aromatic rings. The summed E-state index contributed by atoms with van der Waals surface area (Å²) in [4.78, 5) is 12.3. The minimum Gasteiger partial charge on any atom is -0.330 e. The van der Waals surface area contributed by atoms with Crippen molar-refractivity contribution >= 4 is 11.6 Å². The quantitative estimate of drug-likeness (QED) is 0.874. The molecule has 1 fully saturated rings. The largest absolute Gasteiger partial charge is 0.389 e. The first kappa shape index (κ1) is 16.8. The van der Waals surface area contributed by atoms with Crippen LogP contribution in [0.3, 0.4) is 0 Å². The van der Waals surface area contributed by atoms with Gasteiger partial charge in [-0.1, -0.05) is 18.6 Å². The number of amides is 1. The third kappa shape index (κ3) is 4.73. The molecule has 0 aliphatic heterocycles. The molecule has 0 saturated heterocycles. The first-order valence-electron chi connectivity index (χ1n) is 7.55. The summed E-state index contributed by atoms with van der Waals surface area (Å²) in [5.74, 6) is 0.0261. The average Bonchev–Trinajstić information content (AvgIpc) is 2.93. The molecule has 0 unspecified atom stereocenters. The minimum absolute atomic E-state index is 0.0813. The SMILES string of the molecule is NC[C@H]1CCC[C@H]1C(=O)Nc1cccc(CCC(F)(F)F)c1. The van der Waals surface area contributed by atoms with Crippen LogP contribution in [0.4, 0.5) is 18.9 Å². The van der Waals surface area contributed by atoms with E-state index in [-0.39, 0.29) is 24.2 Å². The van der Waals surface area contributed by atoms with Gasteiger partial charge in [0.15, 0.2) is 0 Å². The molecule has 22 heavy (non-hydrogen) atoms. The van der Waals surface area contributed by atoms with Crippen LogP contribution in [0, 0.1) is 11.8 Å². The van der Waals surface area contributed by atoms with Crippen LogP contribution in [-0.2, 0) is 11.2 Å². The Bertz CT molecular complexity index is 516. The number of benzene rings is 1. The van der Waals surface area contributed by atoms with Crippen molar-refractivity contribution in [2.24, 2.45) is 17.6 Å². The van der Waals surface area contributed by atoms with Gasteiger partial charge in [0.05, 0.1) is 0 Å². The van der Waals surface area contributed by atoms with Crippen molar-refractivity contribution in [3.05, 3.63) is 29.8 Å². The number of nitrogens with two attached hydrogens (primary N) is 1. The minimum atomic E-state index is -4.17. The number of anilines is 1.